The fourth-order valence-electron chi connectivity index (χ4n) is 3.17. The van der Waals surface area contributed by atoms with Gasteiger partial charge >= 0.3 is 0 Å². The van der Waals surface area contributed by atoms with Crippen molar-refractivity contribution in [2.75, 3.05) is 12.4 Å². The predicted molar refractivity (Wildman–Crippen MR) is 95.9 cm³/mol. The molecular formula is C19H20N4O2. The van der Waals surface area contributed by atoms with E-state index in [0.717, 1.165) is 28.2 Å². The lowest BCUT2D eigenvalue weighted by molar-refractivity contribution is -0.116. The number of hydrogen-bond acceptors (Lipinski definition) is 4. The van der Waals surface area contributed by atoms with E-state index in [4.69, 9.17) is 4.74 Å². The molecule has 3 aromatic rings. The van der Waals surface area contributed by atoms with Crippen LogP contribution in [-0.4, -0.2) is 27.8 Å². The number of anilines is 1. The Morgan fingerprint density at radius 3 is 2.72 bits per heavy atom. The van der Waals surface area contributed by atoms with E-state index in [-0.39, 0.29) is 12.5 Å². The summed E-state index contributed by atoms with van der Waals surface area (Å²) in [7, 11) is 1.61. The first-order valence-electron chi connectivity index (χ1n) is 8.41. The number of pyridine rings is 1. The Labute approximate surface area is 145 Å². The molecule has 1 N–H and O–H groups in total. The topological polar surface area (TPSA) is 69.0 Å². The van der Waals surface area contributed by atoms with Crippen LogP contribution in [0.2, 0.25) is 0 Å². The molecule has 1 saturated carbocycles. The molecule has 2 heterocycles. The Morgan fingerprint density at radius 1 is 1.28 bits per heavy atom. The molecule has 0 saturated heterocycles. The second-order valence-electron chi connectivity index (χ2n) is 6.39. The number of nitrogens with one attached hydrogen (secondary N) is 1. The number of methoxy groups -OCH3 is 1. The molecule has 6 heteroatoms. The van der Waals surface area contributed by atoms with Crippen molar-refractivity contribution >= 4 is 22.6 Å². The van der Waals surface area contributed by atoms with Gasteiger partial charge < -0.3 is 10.1 Å². The van der Waals surface area contributed by atoms with Crippen molar-refractivity contribution in [2.45, 2.75) is 32.2 Å². The molecule has 1 aromatic carbocycles. The second kappa shape index (κ2) is 6.20. The standard InChI is InChI=1S/C19H20N4O2/c1-12-18-16(13-3-4-13)9-10-20-19(18)23(22-12)11-17(24)21-14-5-7-15(25-2)8-6-14/h5-10,13H,3-4,11H2,1-2H3,(H,21,24). The molecule has 0 spiro atoms. The zero-order chi connectivity index (χ0) is 17.4. The third-order valence-electron chi connectivity index (χ3n) is 4.52. The molecule has 1 aliphatic carbocycles. The summed E-state index contributed by atoms with van der Waals surface area (Å²) in [6, 6.07) is 9.33. The van der Waals surface area contributed by atoms with Crippen molar-refractivity contribution in [3.8, 4) is 5.75 Å². The van der Waals surface area contributed by atoms with Crippen molar-refractivity contribution in [1.29, 1.82) is 0 Å². The number of carbonyl (C=O) groups is 1. The Balaban J connectivity index is 1.55. The van der Waals surface area contributed by atoms with Gasteiger partial charge in [0.25, 0.3) is 0 Å². The van der Waals surface area contributed by atoms with Crippen LogP contribution in [0.4, 0.5) is 5.69 Å². The highest BCUT2D eigenvalue weighted by molar-refractivity contribution is 5.92. The monoisotopic (exact) mass is 336 g/mol. The van der Waals surface area contributed by atoms with E-state index in [2.05, 4.69) is 21.5 Å². The minimum atomic E-state index is -0.131. The van der Waals surface area contributed by atoms with E-state index in [0.29, 0.717) is 5.92 Å². The van der Waals surface area contributed by atoms with Crippen LogP contribution in [0.25, 0.3) is 11.0 Å². The van der Waals surface area contributed by atoms with Crippen LogP contribution in [-0.2, 0) is 11.3 Å². The lowest BCUT2D eigenvalue weighted by atomic mass is 10.1. The molecule has 0 bridgehead atoms. The Kier molecular flexibility index (Phi) is 3.87. The first kappa shape index (κ1) is 15.6. The molecule has 0 atom stereocenters. The molecule has 1 fully saturated rings. The van der Waals surface area contributed by atoms with E-state index in [1.807, 2.05) is 37.4 Å². The van der Waals surface area contributed by atoms with Crippen molar-refractivity contribution in [3.63, 3.8) is 0 Å². The fourth-order valence-corrected chi connectivity index (χ4v) is 3.17. The van der Waals surface area contributed by atoms with E-state index < -0.39 is 0 Å². The molecule has 128 valence electrons. The maximum Gasteiger partial charge on any atom is 0.246 e. The number of carbonyl (C=O) groups excluding carboxylic acids is 1. The Morgan fingerprint density at radius 2 is 2.04 bits per heavy atom. The molecule has 0 unspecified atom stereocenters. The molecule has 0 aliphatic heterocycles. The van der Waals surface area contributed by atoms with Crippen LogP contribution < -0.4 is 10.1 Å². The van der Waals surface area contributed by atoms with Crippen molar-refractivity contribution in [1.82, 2.24) is 14.8 Å². The van der Waals surface area contributed by atoms with Crippen LogP contribution in [0.3, 0.4) is 0 Å². The van der Waals surface area contributed by atoms with Gasteiger partial charge in [0.1, 0.15) is 12.3 Å². The van der Waals surface area contributed by atoms with Gasteiger partial charge in [-0.3, -0.25) is 4.79 Å². The smallest absolute Gasteiger partial charge is 0.246 e. The van der Waals surface area contributed by atoms with Gasteiger partial charge in [-0.25, -0.2) is 9.67 Å². The summed E-state index contributed by atoms with van der Waals surface area (Å²) in [5.41, 5.74) is 3.75. The van der Waals surface area contributed by atoms with Crippen molar-refractivity contribution < 1.29 is 9.53 Å². The summed E-state index contributed by atoms with van der Waals surface area (Å²) in [6.07, 6.45) is 4.26. The van der Waals surface area contributed by atoms with Gasteiger partial charge in [-0.05, 0) is 61.6 Å². The summed E-state index contributed by atoms with van der Waals surface area (Å²) in [5, 5.41) is 8.52. The van der Waals surface area contributed by atoms with Gasteiger partial charge in [0.15, 0.2) is 5.65 Å². The molecular weight excluding hydrogens is 316 g/mol. The highest BCUT2D eigenvalue weighted by atomic mass is 16.5. The van der Waals surface area contributed by atoms with Crippen LogP contribution in [0.15, 0.2) is 36.5 Å². The van der Waals surface area contributed by atoms with E-state index in [1.54, 1.807) is 11.8 Å². The molecule has 1 amide bonds. The minimum Gasteiger partial charge on any atom is -0.497 e. The number of rotatable bonds is 5. The zero-order valence-corrected chi connectivity index (χ0v) is 14.3. The lowest BCUT2D eigenvalue weighted by Crippen LogP contribution is -2.19. The zero-order valence-electron chi connectivity index (χ0n) is 14.3. The second-order valence-corrected chi connectivity index (χ2v) is 6.39. The van der Waals surface area contributed by atoms with E-state index in [9.17, 15) is 4.79 Å². The van der Waals surface area contributed by atoms with Crippen molar-refractivity contribution in [2.24, 2.45) is 0 Å². The van der Waals surface area contributed by atoms with Gasteiger partial charge in [-0.1, -0.05) is 0 Å². The van der Waals surface area contributed by atoms with Gasteiger partial charge in [0, 0.05) is 17.3 Å². The van der Waals surface area contributed by atoms with E-state index in [1.165, 1.54) is 18.4 Å². The van der Waals surface area contributed by atoms with Gasteiger partial charge in [0.2, 0.25) is 5.91 Å². The van der Waals surface area contributed by atoms with Crippen molar-refractivity contribution in [3.05, 3.63) is 47.8 Å². The number of aryl methyl sites for hydroxylation is 1. The summed E-state index contributed by atoms with van der Waals surface area (Å²) in [5.74, 6) is 1.24. The van der Waals surface area contributed by atoms with Crippen LogP contribution in [0.1, 0.15) is 30.0 Å². The summed E-state index contributed by atoms with van der Waals surface area (Å²) >= 11 is 0. The number of hydrogen-bond donors (Lipinski definition) is 1. The predicted octanol–water partition coefficient (Wildman–Crippen LogP) is 3.26. The first-order valence-corrected chi connectivity index (χ1v) is 8.41. The highest BCUT2D eigenvalue weighted by Gasteiger charge is 2.27. The number of nitrogens with zero attached hydrogens (tertiary/aromatic N) is 3. The molecule has 4 rings (SSSR count). The lowest BCUT2D eigenvalue weighted by Gasteiger charge is -2.07. The van der Waals surface area contributed by atoms with E-state index >= 15 is 0 Å². The normalized spacial score (nSPS) is 13.8. The SMILES string of the molecule is COc1ccc(NC(=O)Cn2nc(C)c3c(C4CC4)ccnc32)cc1. The Hall–Kier alpha value is -2.89. The number of amides is 1. The number of ether oxygens (including phenoxy) is 1. The summed E-state index contributed by atoms with van der Waals surface area (Å²) < 4.78 is 6.81. The molecule has 25 heavy (non-hydrogen) atoms. The quantitative estimate of drug-likeness (QED) is 0.776. The summed E-state index contributed by atoms with van der Waals surface area (Å²) in [4.78, 5) is 16.8. The average molecular weight is 336 g/mol. The van der Waals surface area contributed by atoms with Gasteiger partial charge in [-0.2, -0.15) is 5.10 Å². The first-order chi connectivity index (χ1) is 12.2. The number of benzene rings is 1. The Bertz CT molecular complexity index is 926. The third-order valence-corrected chi connectivity index (χ3v) is 4.52. The largest absolute Gasteiger partial charge is 0.497 e. The molecule has 6 nitrogen and oxygen atoms in total. The number of fused-ring (bicyclic) bond motifs is 1. The average Bonchev–Trinajstić information content (AvgIpc) is 3.41. The van der Waals surface area contributed by atoms with Crippen LogP contribution >= 0.6 is 0 Å². The molecule has 0 radical (unpaired) electrons. The van der Waals surface area contributed by atoms with Crippen LogP contribution in [0.5, 0.6) is 5.75 Å². The minimum absolute atomic E-state index is 0.131. The van der Waals surface area contributed by atoms with Gasteiger partial charge in [-0.15, -0.1) is 0 Å². The third kappa shape index (κ3) is 3.07. The molecule has 1 aliphatic rings. The molecule has 2 aromatic heterocycles. The highest BCUT2D eigenvalue weighted by Crippen LogP contribution is 2.43. The maximum atomic E-state index is 12.4. The van der Waals surface area contributed by atoms with Crippen LogP contribution in [0, 0.1) is 6.92 Å². The maximum absolute atomic E-state index is 12.4. The fraction of sp³-hybridized carbons (Fsp3) is 0.316. The number of aromatic nitrogens is 3. The summed E-state index contributed by atoms with van der Waals surface area (Å²) in [6.45, 7) is 2.12. The van der Waals surface area contributed by atoms with Gasteiger partial charge in [0.05, 0.1) is 12.8 Å².